The predicted octanol–water partition coefficient (Wildman–Crippen LogP) is 13.1. The van der Waals surface area contributed by atoms with Crippen molar-refractivity contribution in [2.24, 2.45) is 5.92 Å². The van der Waals surface area contributed by atoms with Gasteiger partial charge in [-0.15, -0.1) is 0 Å². The number of hydrogen-bond acceptors (Lipinski definition) is 6. The Kier molecular flexibility index (Phi) is 34.6. The molecule has 0 radical (unpaired) electrons. The molecule has 6 nitrogen and oxygen atoms in total. The van der Waals surface area contributed by atoms with Gasteiger partial charge in [0.15, 0.2) is 0 Å². The van der Waals surface area contributed by atoms with Gasteiger partial charge in [0, 0.05) is 32.0 Å². The Hall–Kier alpha value is -1.14. The van der Waals surface area contributed by atoms with Crippen molar-refractivity contribution in [1.82, 2.24) is 4.90 Å². The fourth-order valence-corrected chi connectivity index (χ4v) is 8.16. The van der Waals surface area contributed by atoms with Crippen LogP contribution in [-0.4, -0.2) is 60.4 Å². The van der Waals surface area contributed by atoms with Crippen molar-refractivity contribution < 1.29 is 24.2 Å². The van der Waals surface area contributed by atoms with Crippen molar-refractivity contribution in [1.29, 1.82) is 0 Å². The lowest BCUT2D eigenvalue weighted by molar-refractivity contribution is -0.150. The SMILES string of the molecule is CCCCCCCCCCCOC(=O)CCCCC1CCC(CCCCCC(=O)OC(CCCCCCCC)CCCCCCCC)CN1CCO. The summed E-state index contributed by atoms with van der Waals surface area (Å²) in [4.78, 5) is 27.5. The number of unbranched alkanes of at least 4 members (excludes halogenated alkanes) is 21. The van der Waals surface area contributed by atoms with Gasteiger partial charge >= 0.3 is 11.9 Å². The fourth-order valence-electron chi connectivity index (χ4n) is 8.16. The van der Waals surface area contributed by atoms with Gasteiger partial charge in [-0.3, -0.25) is 14.5 Å². The lowest BCUT2D eigenvalue weighted by atomic mass is 9.87. The normalized spacial score (nSPS) is 16.5. The second-order valence-corrected chi connectivity index (χ2v) is 16.4. The van der Waals surface area contributed by atoms with Crippen LogP contribution in [0.2, 0.25) is 0 Å². The van der Waals surface area contributed by atoms with Crippen LogP contribution in [0.1, 0.15) is 239 Å². The van der Waals surface area contributed by atoms with Gasteiger partial charge < -0.3 is 14.6 Å². The van der Waals surface area contributed by atoms with Gasteiger partial charge in [0.2, 0.25) is 0 Å². The zero-order valence-corrected chi connectivity index (χ0v) is 35.1. The molecule has 0 amide bonds. The number of likely N-dealkylation sites (tertiary alicyclic amines) is 1. The van der Waals surface area contributed by atoms with Gasteiger partial charge in [0.05, 0.1) is 13.2 Å². The highest BCUT2D eigenvalue weighted by Gasteiger charge is 2.27. The highest BCUT2D eigenvalue weighted by molar-refractivity contribution is 5.69. The maximum absolute atomic E-state index is 12.8. The van der Waals surface area contributed by atoms with Crippen molar-refractivity contribution in [3.05, 3.63) is 0 Å². The lowest BCUT2D eigenvalue weighted by Gasteiger charge is -2.39. The van der Waals surface area contributed by atoms with Gasteiger partial charge in [-0.25, -0.2) is 0 Å². The van der Waals surface area contributed by atoms with Gasteiger partial charge in [0.25, 0.3) is 0 Å². The van der Waals surface area contributed by atoms with Gasteiger partial charge in [-0.2, -0.15) is 0 Å². The molecule has 2 atom stereocenters. The largest absolute Gasteiger partial charge is 0.466 e. The van der Waals surface area contributed by atoms with Gasteiger partial charge in [0.1, 0.15) is 6.10 Å². The molecule has 1 aliphatic rings. The first-order chi connectivity index (χ1) is 25.5. The van der Waals surface area contributed by atoms with Crippen molar-refractivity contribution >= 4 is 11.9 Å². The molecule has 0 aromatic heterocycles. The molecule has 1 fully saturated rings. The Morgan fingerprint density at radius 3 is 1.63 bits per heavy atom. The number of aliphatic hydroxyl groups is 1. The number of aliphatic hydroxyl groups excluding tert-OH is 1. The highest BCUT2D eigenvalue weighted by atomic mass is 16.5. The molecule has 1 saturated heterocycles. The number of carbonyl (C=O) groups is 2. The number of rotatable bonds is 38. The molecular weight excluding hydrogens is 647 g/mol. The first kappa shape index (κ1) is 48.9. The van der Waals surface area contributed by atoms with E-state index in [2.05, 4.69) is 25.7 Å². The number of ether oxygens (including phenoxy) is 2. The number of hydrogen-bond donors (Lipinski definition) is 1. The van der Waals surface area contributed by atoms with E-state index in [0.717, 1.165) is 77.3 Å². The fraction of sp³-hybridized carbons (Fsp3) is 0.957. The third-order valence-corrected chi connectivity index (χ3v) is 11.5. The summed E-state index contributed by atoms with van der Waals surface area (Å²) >= 11 is 0. The van der Waals surface area contributed by atoms with Crippen LogP contribution in [0.15, 0.2) is 0 Å². The van der Waals surface area contributed by atoms with Crippen LogP contribution in [0.5, 0.6) is 0 Å². The predicted molar refractivity (Wildman–Crippen MR) is 221 cm³/mol. The standard InChI is InChI=1S/C46H89NO5/c1-4-7-10-13-16-17-18-21-29-40-51-45(49)34-28-27-31-43-37-36-42(41-47(43)38-39-48)30-23-22-26-35-46(50)52-44(32-24-19-14-11-8-5-2)33-25-20-15-12-9-6-3/h42-44,48H,4-41H2,1-3H3. The van der Waals surface area contributed by atoms with Crippen molar-refractivity contribution in [3.8, 4) is 0 Å². The minimum Gasteiger partial charge on any atom is -0.466 e. The van der Waals surface area contributed by atoms with E-state index in [1.807, 2.05) is 0 Å². The van der Waals surface area contributed by atoms with E-state index >= 15 is 0 Å². The van der Waals surface area contributed by atoms with Gasteiger partial charge in [-0.1, -0.05) is 156 Å². The van der Waals surface area contributed by atoms with Gasteiger partial charge in [-0.05, 0) is 76.5 Å². The number of piperidine rings is 1. The van der Waals surface area contributed by atoms with Crippen LogP contribution >= 0.6 is 0 Å². The topological polar surface area (TPSA) is 76.1 Å². The molecule has 0 bridgehead atoms. The summed E-state index contributed by atoms with van der Waals surface area (Å²) in [6.07, 6.45) is 39.9. The van der Waals surface area contributed by atoms with E-state index in [4.69, 9.17) is 9.47 Å². The minimum absolute atomic E-state index is 0.0173. The molecule has 0 aromatic rings. The van der Waals surface area contributed by atoms with Crippen molar-refractivity contribution in [3.63, 3.8) is 0 Å². The van der Waals surface area contributed by atoms with E-state index in [1.54, 1.807) is 0 Å². The summed E-state index contributed by atoms with van der Waals surface area (Å²) in [5.41, 5.74) is 0. The smallest absolute Gasteiger partial charge is 0.306 e. The zero-order chi connectivity index (χ0) is 37.7. The summed E-state index contributed by atoms with van der Waals surface area (Å²) in [6.45, 7) is 9.37. The van der Waals surface area contributed by atoms with E-state index in [9.17, 15) is 14.7 Å². The van der Waals surface area contributed by atoms with Crippen LogP contribution in [-0.2, 0) is 19.1 Å². The number of carbonyl (C=O) groups excluding carboxylic acids is 2. The summed E-state index contributed by atoms with van der Waals surface area (Å²) in [7, 11) is 0. The molecule has 52 heavy (non-hydrogen) atoms. The van der Waals surface area contributed by atoms with Crippen molar-refractivity contribution in [2.45, 2.75) is 251 Å². The molecular formula is C46H89NO5. The average molecular weight is 736 g/mol. The van der Waals surface area contributed by atoms with Crippen LogP contribution in [0.3, 0.4) is 0 Å². The third kappa shape index (κ3) is 29.2. The second-order valence-electron chi connectivity index (χ2n) is 16.4. The molecule has 0 saturated carbocycles. The van der Waals surface area contributed by atoms with Crippen molar-refractivity contribution in [2.75, 3.05) is 26.3 Å². The average Bonchev–Trinajstić information content (AvgIpc) is 3.14. The Morgan fingerprint density at radius 1 is 0.577 bits per heavy atom. The maximum atomic E-state index is 12.8. The molecule has 1 N–H and O–H groups in total. The molecule has 0 spiro atoms. The van der Waals surface area contributed by atoms with E-state index in [1.165, 1.54) is 141 Å². The van der Waals surface area contributed by atoms with E-state index < -0.39 is 0 Å². The Labute approximate surface area is 323 Å². The molecule has 2 unspecified atom stereocenters. The lowest BCUT2D eigenvalue weighted by Crippen LogP contribution is -2.44. The Morgan fingerprint density at radius 2 is 1.06 bits per heavy atom. The zero-order valence-electron chi connectivity index (χ0n) is 35.1. The first-order valence-electron chi connectivity index (χ1n) is 23.2. The molecule has 0 aliphatic carbocycles. The molecule has 308 valence electrons. The quantitative estimate of drug-likeness (QED) is 0.0502. The molecule has 1 heterocycles. The first-order valence-corrected chi connectivity index (χ1v) is 23.2. The summed E-state index contributed by atoms with van der Waals surface area (Å²) in [6, 6.07) is 0.511. The number of nitrogens with zero attached hydrogens (tertiary/aromatic N) is 1. The summed E-state index contributed by atoms with van der Waals surface area (Å²) < 4.78 is 11.6. The highest BCUT2D eigenvalue weighted by Crippen LogP contribution is 2.29. The minimum atomic E-state index is -0.0371. The molecule has 1 rings (SSSR count). The molecule has 1 aliphatic heterocycles. The van der Waals surface area contributed by atoms with Crippen LogP contribution < -0.4 is 0 Å². The third-order valence-electron chi connectivity index (χ3n) is 11.5. The summed E-state index contributed by atoms with van der Waals surface area (Å²) in [5, 5.41) is 9.76. The monoisotopic (exact) mass is 736 g/mol. The molecule has 0 aromatic carbocycles. The van der Waals surface area contributed by atoms with E-state index in [0.29, 0.717) is 31.4 Å². The molecule has 6 heteroatoms. The Bertz CT molecular complexity index is 775. The maximum Gasteiger partial charge on any atom is 0.306 e. The number of esters is 2. The summed E-state index contributed by atoms with van der Waals surface area (Å²) in [5.74, 6) is 0.651. The second kappa shape index (κ2) is 36.8. The van der Waals surface area contributed by atoms with Crippen LogP contribution in [0.4, 0.5) is 0 Å². The Balaban J connectivity index is 2.21. The van der Waals surface area contributed by atoms with E-state index in [-0.39, 0.29) is 24.6 Å². The number of β-amino-alcohol motifs (C(OH)–C–C–N with tert-alkyl or cyclic N) is 1. The van der Waals surface area contributed by atoms with Crippen LogP contribution in [0, 0.1) is 5.92 Å². The van der Waals surface area contributed by atoms with Crippen LogP contribution in [0.25, 0.3) is 0 Å².